The summed E-state index contributed by atoms with van der Waals surface area (Å²) in [4.78, 5) is 4.35. The number of nitrogens with zero attached hydrogens (tertiary/aromatic N) is 2. The summed E-state index contributed by atoms with van der Waals surface area (Å²) in [6.07, 6.45) is 3.82. The zero-order valence-electron chi connectivity index (χ0n) is 12.3. The van der Waals surface area contributed by atoms with E-state index < -0.39 is 0 Å². The fourth-order valence-electron chi connectivity index (χ4n) is 2.52. The topological polar surface area (TPSA) is 38.6 Å². The zero-order valence-corrected chi connectivity index (χ0v) is 12.3. The van der Waals surface area contributed by atoms with E-state index in [4.69, 9.17) is 4.74 Å². The van der Waals surface area contributed by atoms with Crippen LogP contribution in [0.1, 0.15) is 12.5 Å². The number of imidazole rings is 1. The summed E-state index contributed by atoms with van der Waals surface area (Å²) in [5.74, 6) is 0.879. The largest absolute Gasteiger partial charge is 0.497 e. The summed E-state index contributed by atoms with van der Waals surface area (Å²) in [6, 6.07) is 12.4. The van der Waals surface area contributed by atoms with Crippen LogP contribution in [0, 0.1) is 0 Å². The lowest BCUT2D eigenvalue weighted by Crippen LogP contribution is -2.13. The van der Waals surface area contributed by atoms with E-state index in [2.05, 4.69) is 39.8 Å². The van der Waals surface area contributed by atoms with Crippen LogP contribution in [0.3, 0.4) is 0 Å². The molecule has 0 aliphatic carbocycles. The fraction of sp³-hybridized carbons (Fsp3) is 0.235. The number of hydrogen-bond donors (Lipinski definition) is 1. The maximum absolute atomic E-state index is 5.35. The van der Waals surface area contributed by atoms with Crippen molar-refractivity contribution in [3.8, 4) is 17.0 Å². The molecule has 0 spiro atoms. The van der Waals surface area contributed by atoms with Crippen LogP contribution in [0.15, 0.2) is 48.8 Å². The number of aromatic nitrogens is 2. The van der Waals surface area contributed by atoms with Crippen LogP contribution in [-0.2, 0) is 6.54 Å². The molecular formula is C17H19N3O. The minimum Gasteiger partial charge on any atom is -0.497 e. The van der Waals surface area contributed by atoms with Gasteiger partial charge in [-0.1, -0.05) is 13.0 Å². The fourth-order valence-corrected chi connectivity index (χ4v) is 2.52. The van der Waals surface area contributed by atoms with Gasteiger partial charge in [-0.05, 0) is 42.4 Å². The maximum Gasteiger partial charge on any atom is 0.137 e. The molecule has 108 valence electrons. The normalized spacial score (nSPS) is 11.0. The van der Waals surface area contributed by atoms with Crippen LogP contribution < -0.4 is 10.1 Å². The molecular weight excluding hydrogens is 262 g/mol. The first kappa shape index (κ1) is 13.6. The summed E-state index contributed by atoms with van der Waals surface area (Å²) < 4.78 is 7.46. The number of fused-ring (bicyclic) bond motifs is 1. The van der Waals surface area contributed by atoms with E-state index in [1.807, 2.05) is 30.6 Å². The van der Waals surface area contributed by atoms with E-state index >= 15 is 0 Å². The Morgan fingerprint density at radius 3 is 2.95 bits per heavy atom. The van der Waals surface area contributed by atoms with E-state index in [0.29, 0.717) is 0 Å². The lowest BCUT2D eigenvalue weighted by Gasteiger charge is -2.13. The second-order valence-electron chi connectivity index (χ2n) is 4.87. The van der Waals surface area contributed by atoms with Gasteiger partial charge in [0.2, 0.25) is 0 Å². The van der Waals surface area contributed by atoms with Crippen LogP contribution in [0.2, 0.25) is 0 Å². The molecule has 2 heterocycles. The van der Waals surface area contributed by atoms with Crippen molar-refractivity contribution in [2.24, 2.45) is 0 Å². The molecule has 1 N–H and O–H groups in total. The minimum absolute atomic E-state index is 0.814. The third-order valence-corrected chi connectivity index (χ3v) is 3.58. The standard InChI is InChI=1S/C17H19N3O/c1-3-18-12-13-11-14(21-2)7-8-15(13)16-5-4-6-17-19-9-10-20(16)17/h4-11,18H,3,12H2,1-2H3. The summed E-state index contributed by atoms with van der Waals surface area (Å²) in [6.45, 7) is 3.86. The molecule has 0 saturated carbocycles. The summed E-state index contributed by atoms with van der Waals surface area (Å²) in [7, 11) is 1.70. The highest BCUT2D eigenvalue weighted by molar-refractivity contribution is 5.68. The Labute approximate surface area is 124 Å². The van der Waals surface area contributed by atoms with Crippen molar-refractivity contribution in [3.05, 3.63) is 54.4 Å². The highest BCUT2D eigenvalue weighted by atomic mass is 16.5. The number of pyridine rings is 1. The Hall–Kier alpha value is -2.33. The molecule has 3 rings (SSSR count). The number of benzene rings is 1. The van der Waals surface area contributed by atoms with Gasteiger partial charge >= 0.3 is 0 Å². The SMILES string of the molecule is CCNCc1cc(OC)ccc1-c1cccc2nccn12. The maximum atomic E-state index is 5.35. The molecule has 4 nitrogen and oxygen atoms in total. The van der Waals surface area contributed by atoms with Crippen molar-refractivity contribution in [1.82, 2.24) is 14.7 Å². The molecule has 1 aromatic carbocycles. The average Bonchev–Trinajstić information content (AvgIpc) is 3.01. The highest BCUT2D eigenvalue weighted by Gasteiger charge is 2.10. The van der Waals surface area contributed by atoms with Gasteiger partial charge in [-0.25, -0.2) is 4.98 Å². The zero-order chi connectivity index (χ0) is 14.7. The third kappa shape index (κ3) is 2.62. The summed E-state index contributed by atoms with van der Waals surface area (Å²) >= 11 is 0. The number of nitrogens with one attached hydrogen (secondary N) is 1. The second-order valence-corrected chi connectivity index (χ2v) is 4.87. The van der Waals surface area contributed by atoms with Gasteiger partial charge in [-0.3, -0.25) is 4.40 Å². The molecule has 3 aromatic rings. The van der Waals surface area contributed by atoms with E-state index in [-0.39, 0.29) is 0 Å². The van der Waals surface area contributed by atoms with Crippen LogP contribution >= 0.6 is 0 Å². The van der Waals surface area contributed by atoms with E-state index in [1.54, 1.807) is 7.11 Å². The first-order valence-corrected chi connectivity index (χ1v) is 7.13. The molecule has 0 aliphatic rings. The molecule has 0 unspecified atom stereocenters. The molecule has 4 heteroatoms. The van der Waals surface area contributed by atoms with Crippen molar-refractivity contribution in [1.29, 1.82) is 0 Å². The Bertz CT molecular complexity index is 749. The molecule has 0 aliphatic heterocycles. The van der Waals surface area contributed by atoms with Crippen molar-refractivity contribution in [3.63, 3.8) is 0 Å². The van der Waals surface area contributed by atoms with Crippen molar-refractivity contribution in [2.75, 3.05) is 13.7 Å². The summed E-state index contributed by atoms with van der Waals surface area (Å²) in [5, 5.41) is 3.39. The number of rotatable bonds is 5. The Kier molecular flexibility index (Phi) is 3.88. The Balaban J connectivity index is 2.14. The van der Waals surface area contributed by atoms with E-state index in [0.717, 1.165) is 30.2 Å². The Morgan fingerprint density at radius 2 is 2.14 bits per heavy atom. The van der Waals surface area contributed by atoms with Crippen molar-refractivity contribution >= 4 is 5.65 Å². The van der Waals surface area contributed by atoms with Crippen molar-refractivity contribution in [2.45, 2.75) is 13.5 Å². The van der Waals surface area contributed by atoms with Gasteiger partial charge in [0.25, 0.3) is 0 Å². The monoisotopic (exact) mass is 281 g/mol. The average molecular weight is 281 g/mol. The predicted molar refractivity (Wildman–Crippen MR) is 84.6 cm³/mol. The van der Waals surface area contributed by atoms with E-state index in [9.17, 15) is 0 Å². The van der Waals surface area contributed by atoms with Gasteiger partial charge in [0, 0.05) is 24.5 Å². The van der Waals surface area contributed by atoms with Gasteiger partial charge in [0.15, 0.2) is 0 Å². The van der Waals surface area contributed by atoms with Crippen LogP contribution in [0.5, 0.6) is 5.75 Å². The molecule has 21 heavy (non-hydrogen) atoms. The predicted octanol–water partition coefficient (Wildman–Crippen LogP) is 3.12. The molecule has 0 bridgehead atoms. The minimum atomic E-state index is 0.814. The Morgan fingerprint density at radius 1 is 1.24 bits per heavy atom. The van der Waals surface area contributed by atoms with Gasteiger partial charge in [-0.2, -0.15) is 0 Å². The molecule has 0 amide bonds. The molecule has 0 atom stereocenters. The van der Waals surface area contributed by atoms with Gasteiger partial charge in [0.05, 0.1) is 12.8 Å². The third-order valence-electron chi connectivity index (χ3n) is 3.58. The highest BCUT2D eigenvalue weighted by Crippen LogP contribution is 2.28. The van der Waals surface area contributed by atoms with Crippen LogP contribution in [-0.4, -0.2) is 23.0 Å². The smallest absolute Gasteiger partial charge is 0.137 e. The lowest BCUT2D eigenvalue weighted by atomic mass is 10.0. The molecule has 2 aromatic heterocycles. The summed E-state index contributed by atoms with van der Waals surface area (Å²) in [5.41, 5.74) is 4.51. The lowest BCUT2D eigenvalue weighted by molar-refractivity contribution is 0.414. The molecule has 0 radical (unpaired) electrons. The number of hydrogen-bond acceptors (Lipinski definition) is 3. The van der Waals surface area contributed by atoms with Crippen LogP contribution in [0.25, 0.3) is 16.9 Å². The molecule has 0 fully saturated rings. The quantitative estimate of drug-likeness (QED) is 0.781. The van der Waals surface area contributed by atoms with Gasteiger partial charge < -0.3 is 10.1 Å². The number of ether oxygens (including phenoxy) is 1. The second kappa shape index (κ2) is 5.97. The molecule has 0 saturated heterocycles. The van der Waals surface area contributed by atoms with E-state index in [1.165, 1.54) is 11.1 Å². The first-order valence-electron chi connectivity index (χ1n) is 7.13. The first-order chi connectivity index (χ1) is 10.3. The number of methoxy groups -OCH3 is 1. The van der Waals surface area contributed by atoms with Crippen LogP contribution in [0.4, 0.5) is 0 Å². The van der Waals surface area contributed by atoms with Gasteiger partial charge in [-0.15, -0.1) is 0 Å². The van der Waals surface area contributed by atoms with Crippen molar-refractivity contribution < 1.29 is 4.74 Å². The van der Waals surface area contributed by atoms with Gasteiger partial charge in [0.1, 0.15) is 11.4 Å².